The van der Waals surface area contributed by atoms with E-state index in [0.29, 0.717) is 0 Å². The number of hydrogen-bond donors (Lipinski definition) is 1. The molecule has 7 heteroatoms. The Morgan fingerprint density at radius 1 is 1.14 bits per heavy atom. The Morgan fingerprint density at radius 2 is 1.97 bits per heavy atom. The average Bonchev–Trinajstić information content (AvgIpc) is 3.04. The summed E-state index contributed by atoms with van der Waals surface area (Å²) in [7, 11) is 5.97. The van der Waals surface area contributed by atoms with Crippen molar-refractivity contribution in [3.63, 3.8) is 0 Å². The van der Waals surface area contributed by atoms with E-state index in [4.69, 9.17) is 4.74 Å². The molecule has 3 rings (SSSR count). The zero-order valence-corrected chi connectivity index (χ0v) is 18.2. The van der Waals surface area contributed by atoms with Gasteiger partial charge in [0.1, 0.15) is 5.75 Å². The van der Waals surface area contributed by atoms with Crippen LogP contribution in [0.25, 0.3) is 0 Å². The van der Waals surface area contributed by atoms with Gasteiger partial charge in [-0.1, -0.05) is 18.6 Å². The van der Waals surface area contributed by atoms with Crippen LogP contribution in [0.15, 0.2) is 24.3 Å². The van der Waals surface area contributed by atoms with Crippen LogP contribution in [0.4, 0.5) is 5.95 Å². The van der Waals surface area contributed by atoms with E-state index in [-0.39, 0.29) is 0 Å². The summed E-state index contributed by atoms with van der Waals surface area (Å²) in [6, 6.07) is 8.56. The smallest absolute Gasteiger partial charge is 0.221 e. The van der Waals surface area contributed by atoms with Crippen LogP contribution in [0.2, 0.25) is 0 Å². The molecule has 2 heterocycles. The first-order valence-electron chi connectivity index (χ1n) is 10.8. The van der Waals surface area contributed by atoms with Crippen LogP contribution in [-0.2, 0) is 20.1 Å². The maximum absolute atomic E-state index is 5.97. The van der Waals surface area contributed by atoms with E-state index in [1.165, 1.54) is 37.9 Å². The molecule has 0 bridgehead atoms. The number of aromatic nitrogens is 3. The molecule has 2 aromatic rings. The Balaban J connectivity index is 1.33. The second-order valence-corrected chi connectivity index (χ2v) is 8.18. The van der Waals surface area contributed by atoms with E-state index in [2.05, 4.69) is 49.5 Å². The Kier molecular flexibility index (Phi) is 8.31. The number of piperidine rings is 1. The van der Waals surface area contributed by atoms with E-state index in [9.17, 15) is 0 Å². The molecule has 1 aromatic heterocycles. The summed E-state index contributed by atoms with van der Waals surface area (Å²) in [5, 5.41) is 7.80. The molecule has 0 atom stereocenters. The van der Waals surface area contributed by atoms with E-state index < -0.39 is 0 Å². The molecule has 0 spiro atoms. The number of benzene rings is 1. The fourth-order valence-electron chi connectivity index (χ4n) is 3.67. The summed E-state index contributed by atoms with van der Waals surface area (Å²) in [6.45, 7) is 5.83. The number of anilines is 1. The molecular formula is C22H36N6O. The normalized spacial score (nSPS) is 15.0. The summed E-state index contributed by atoms with van der Waals surface area (Å²) in [6.07, 6.45) is 6.07. The van der Waals surface area contributed by atoms with Crippen molar-refractivity contribution in [2.45, 2.75) is 45.2 Å². The van der Waals surface area contributed by atoms with E-state index in [1.54, 1.807) is 0 Å². The molecule has 7 nitrogen and oxygen atoms in total. The van der Waals surface area contributed by atoms with Gasteiger partial charge in [-0.3, -0.25) is 4.90 Å². The fourth-order valence-corrected chi connectivity index (χ4v) is 3.67. The highest BCUT2D eigenvalue weighted by molar-refractivity contribution is 5.28. The van der Waals surface area contributed by atoms with Crippen LogP contribution in [0.5, 0.6) is 5.75 Å². The minimum Gasteiger partial charge on any atom is -0.494 e. The number of unbranched alkanes of at least 4 members (excludes halogenated alkanes) is 1. The largest absolute Gasteiger partial charge is 0.494 e. The molecule has 0 saturated carbocycles. The number of rotatable bonds is 11. The Morgan fingerprint density at radius 3 is 2.76 bits per heavy atom. The van der Waals surface area contributed by atoms with Crippen molar-refractivity contribution in [1.29, 1.82) is 0 Å². The topological polar surface area (TPSA) is 58.5 Å². The van der Waals surface area contributed by atoms with Crippen molar-refractivity contribution in [3.05, 3.63) is 35.7 Å². The molecule has 0 amide bonds. The third kappa shape index (κ3) is 7.33. The summed E-state index contributed by atoms with van der Waals surface area (Å²) in [5.41, 5.74) is 1.35. The molecule has 1 fully saturated rings. The monoisotopic (exact) mass is 400 g/mol. The van der Waals surface area contributed by atoms with Crippen molar-refractivity contribution < 1.29 is 4.74 Å². The Labute approximate surface area is 175 Å². The van der Waals surface area contributed by atoms with Gasteiger partial charge in [-0.15, -0.1) is 0 Å². The van der Waals surface area contributed by atoms with Gasteiger partial charge in [0, 0.05) is 20.1 Å². The predicted molar refractivity (Wildman–Crippen MR) is 117 cm³/mol. The standard InChI is InChI=1S/C22H36N6O/c1-26(2)18-21-24-22(27(3)25-21)23-12-5-8-15-29-20-11-9-10-19(16-20)17-28-13-6-4-7-14-28/h9-11,16H,4-8,12-15,17-18H2,1-3H3,(H,23,24,25). The second kappa shape index (κ2) is 11.2. The van der Waals surface area contributed by atoms with Crippen LogP contribution >= 0.6 is 0 Å². The number of hydrogen-bond acceptors (Lipinski definition) is 6. The highest BCUT2D eigenvalue weighted by Crippen LogP contribution is 2.18. The summed E-state index contributed by atoms with van der Waals surface area (Å²) >= 11 is 0. The van der Waals surface area contributed by atoms with Crippen molar-refractivity contribution in [2.24, 2.45) is 7.05 Å². The van der Waals surface area contributed by atoms with Crippen molar-refractivity contribution >= 4 is 5.95 Å². The van der Waals surface area contributed by atoms with Gasteiger partial charge < -0.3 is 15.0 Å². The van der Waals surface area contributed by atoms with Crippen LogP contribution in [0, 0.1) is 0 Å². The third-order valence-electron chi connectivity index (χ3n) is 5.14. The van der Waals surface area contributed by atoms with Crippen molar-refractivity contribution in [3.8, 4) is 5.75 Å². The molecule has 0 unspecified atom stereocenters. The zero-order valence-electron chi connectivity index (χ0n) is 18.2. The molecule has 0 aliphatic carbocycles. The summed E-state index contributed by atoms with van der Waals surface area (Å²) in [5.74, 6) is 2.65. The Hall–Kier alpha value is -2.12. The molecule has 1 aliphatic heterocycles. The van der Waals surface area contributed by atoms with E-state index >= 15 is 0 Å². The van der Waals surface area contributed by atoms with Gasteiger partial charge in [-0.05, 0) is 70.6 Å². The number of ether oxygens (including phenoxy) is 1. The van der Waals surface area contributed by atoms with E-state index in [0.717, 1.165) is 56.6 Å². The average molecular weight is 401 g/mol. The second-order valence-electron chi connectivity index (χ2n) is 8.18. The minimum atomic E-state index is 0.736. The highest BCUT2D eigenvalue weighted by atomic mass is 16.5. The van der Waals surface area contributed by atoms with Gasteiger partial charge in [0.2, 0.25) is 5.95 Å². The lowest BCUT2D eigenvalue weighted by Gasteiger charge is -2.26. The zero-order chi connectivity index (χ0) is 20.5. The first-order valence-corrected chi connectivity index (χ1v) is 10.8. The number of likely N-dealkylation sites (tertiary alicyclic amines) is 1. The maximum Gasteiger partial charge on any atom is 0.221 e. The van der Waals surface area contributed by atoms with Gasteiger partial charge in [-0.2, -0.15) is 10.1 Å². The molecule has 1 aromatic carbocycles. The van der Waals surface area contributed by atoms with Crippen molar-refractivity contribution in [2.75, 3.05) is 45.7 Å². The molecular weight excluding hydrogens is 364 g/mol. The minimum absolute atomic E-state index is 0.736. The molecule has 1 aliphatic rings. The van der Waals surface area contributed by atoms with Crippen molar-refractivity contribution in [1.82, 2.24) is 24.6 Å². The lowest BCUT2D eigenvalue weighted by molar-refractivity contribution is 0.220. The lowest BCUT2D eigenvalue weighted by atomic mass is 10.1. The molecule has 160 valence electrons. The summed E-state index contributed by atoms with van der Waals surface area (Å²) in [4.78, 5) is 9.15. The Bertz CT molecular complexity index is 739. The van der Waals surface area contributed by atoms with Crippen LogP contribution in [0.1, 0.15) is 43.5 Å². The first-order chi connectivity index (χ1) is 14.1. The van der Waals surface area contributed by atoms with Crippen LogP contribution < -0.4 is 10.1 Å². The van der Waals surface area contributed by atoms with Crippen LogP contribution in [0.3, 0.4) is 0 Å². The predicted octanol–water partition coefficient (Wildman–Crippen LogP) is 3.13. The van der Waals surface area contributed by atoms with Gasteiger partial charge in [0.25, 0.3) is 0 Å². The van der Waals surface area contributed by atoms with E-state index in [1.807, 2.05) is 25.8 Å². The number of aryl methyl sites for hydroxylation is 1. The molecule has 0 radical (unpaired) electrons. The van der Waals surface area contributed by atoms with Gasteiger partial charge in [0.05, 0.1) is 13.2 Å². The lowest BCUT2D eigenvalue weighted by Crippen LogP contribution is -2.29. The molecule has 1 saturated heterocycles. The third-order valence-corrected chi connectivity index (χ3v) is 5.14. The maximum atomic E-state index is 5.97. The van der Waals surface area contributed by atoms with Gasteiger partial charge in [-0.25, -0.2) is 4.68 Å². The quantitative estimate of drug-likeness (QED) is 0.585. The highest BCUT2D eigenvalue weighted by Gasteiger charge is 2.11. The van der Waals surface area contributed by atoms with Gasteiger partial charge >= 0.3 is 0 Å². The SMILES string of the molecule is CN(C)Cc1nc(NCCCCOc2cccc(CN3CCCCC3)c2)n(C)n1. The molecule has 29 heavy (non-hydrogen) atoms. The summed E-state index contributed by atoms with van der Waals surface area (Å²) < 4.78 is 7.78. The number of nitrogens with one attached hydrogen (secondary N) is 1. The first kappa shape index (κ1) is 21.6. The van der Waals surface area contributed by atoms with Crippen LogP contribution in [-0.4, -0.2) is 64.9 Å². The fraction of sp³-hybridized carbons (Fsp3) is 0.636. The number of nitrogens with zero attached hydrogens (tertiary/aromatic N) is 5. The molecule has 1 N–H and O–H groups in total. The van der Waals surface area contributed by atoms with Gasteiger partial charge in [0.15, 0.2) is 5.82 Å².